The van der Waals surface area contributed by atoms with Crippen molar-refractivity contribution >= 4 is 11.8 Å². The lowest BCUT2D eigenvalue weighted by molar-refractivity contribution is -0.140. The maximum Gasteiger partial charge on any atom is 0.416 e. The highest BCUT2D eigenvalue weighted by Crippen LogP contribution is 2.29. The van der Waals surface area contributed by atoms with Gasteiger partial charge in [-0.25, -0.2) is 0 Å². The van der Waals surface area contributed by atoms with E-state index in [1.807, 2.05) is 0 Å². The molecule has 144 valence electrons. The van der Waals surface area contributed by atoms with Crippen LogP contribution < -0.4 is 5.73 Å². The van der Waals surface area contributed by atoms with E-state index in [1.54, 1.807) is 29.8 Å². The van der Waals surface area contributed by atoms with E-state index in [0.29, 0.717) is 31.5 Å². The lowest BCUT2D eigenvalue weighted by atomic mass is 9.97. The molecule has 1 saturated heterocycles. The molecular weight excluding hydrogens is 347 g/mol. The predicted octanol–water partition coefficient (Wildman–Crippen LogP) is 2.25. The Kier molecular flexibility index (Phi) is 6.28. The highest BCUT2D eigenvalue weighted by atomic mass is 19.4. The zero-order chi connectivity index (χ0) is 19.5. The third-order valence-electron chi connectivity index (χ3n) is 4.84. The van der Waals surface area contributed by atoms with Crippen LogP contribution >= 0.6 is 0 Å². The predicted molar refractivity (Wildman–Crippen MR) is 90.9 cm³/mol. The van der Waals surface area contributed by atoms with Gasteiger partial charge in [0.2, 0.25) is 11.8 Å². The van der Waals surface area contributed by atoms with Crippen LogP contribution in [0, 0.1) is 5.92 Å². The number of likely N-dealkylation sites (N-methyl/N-ethyl adjacent to an activating group) is 1. The second-order valence-corrected chi connectivity index (χ2v) is 6.81. The minimum absolute atomic E-state index is 0.148. The van der Waals surface area contributed by atoms with Crippen LogP contribution in [0.4, 0.5) is 13.2 Å². The van der Waals surface area contributed by atoms with Crippen LogP contribution in [-0.2, 0) is 22.3 Å². The number of alkyl halides is 3. The second-order valence-electron chi connectivity index (χ2n) is 6.81. The van der Waals surface area contributed by atoms with Crippen molar-refractivity contribution in [2.24, 2.45) is 11.7 Å². The number of carbonyl (C=O) groups excluding carboxylic acids is 2. The van der Waals surface area contributed by atoms with Crippen LogP contribution in [0.5, 0.6) is 0 Å². The monoisotopic (exact) mass is 371 g/mol. The summed E-state index contributed by atoms with van der Waals surface area (Å²) >= 11 is 0. The number of primary amides is 1. The summed E-state index contributed by atoms with van der Waals surface area (Å²) in [7, 11) is 1.69. The fourth-order valence-corrected chi connectivity index (χ4v) is 3.13. The summed E-state index contributed by atoms with van der Waals surface area (Å²) in [5.41, 5.74) is 5.11. The minimum atomic E-state index is -4.40. The topological polar surface area (TPSA) is 66.6 Å². The first-order valence-electron chi connectivity index (χ1n) is 8.54. The number of likely N-dealkylation sites (tertiary alicyclic amines) is 1. The lowest BCUT2D eigenvalue weighted by Crippen LogP contribution is -2.50. The Morgan fingerprint density at radius 3 is 2.69 bits per heavy atom. The summed E-state index contributed by atoms with van der Waals surface area (Å²) in [5.74, 6) is -0.897. The van der Waals surface area contributed by atoms with Crippen LogP contribution in [-0.4, -0.2) is 47.8 Å². The number of carbonyl (C=O) groups is 2. The molecule has 1 aromatic rings. The zero-order valence-corrected chi connectivity index (χ0v) is 14.9. The Morgan fingerprint density at radius 2 is 2.08 bits per heavy atom. The molecule has 8 heteroatoms. The number of hydrogen-bond acceptors (Lipinski definition) is 3. The number of benzene rings is 1. The van der Waals surface area contributed by atoms with E-state index in [0.717, 1.165) is 12.1 Å². The van der Waals surface area contributed by atoms with Gasteiger partial charge in [0, 0.05) is 19.6 Å². The third-order valence-corrected chi connectivity index (χ3v) is 4.84. The third kappa shape index (κ3) is 4.97. The van der Waals surface area contributed by atoms with Crippen LogP contribution in [0.15, 0.2) is 24.3 Å². The molecule has 0 saturated carbocycles. The van der Waals surface area contributed by atoms with Crippen molar-refractivity contribution in [3.63, 3.8) is 0 Å². The quantitative estimate of drug-likeness (QED) is 0.863. The molecule has 1 aliphatic heterocycles. The van der Waals surface area contributed by atoms with Gasteiger partial charge in [0.15, 0.2) is 0 Å². The molecule has 2 rings (SSSR count). The van der Waals surface area contributed by atoms with Gasteiger partial charge in [0.05, 0.1) is 17.5 Å². The van der Waals surface area contributed by atoms with E-state index < -0.39 is 23.7 Å². The first kappa shape index (κ1) is 20.2. The first-order valence-corrected chi connectivity index (χ1v) is 8.54. The molecule has 2 atom stereocenters. The molecule has 26 heavy (non-hydrogen) atoms. The van der Waals surface area contributed by atoms with Crippen LogP contribution in [0.2, 0.25) is 0 Å². The molecule has 2 N–H and O–H groups in total. The fourth-order valence-electron chi connectivity index (χ4n) is 3.13. The average molecular weight is 371 g/mol. The Labute approximate surface area is 150 Å². The molecule has 1 fully saturated rings. The molecule has 0 spiro atoms. The summed E-state index contributed by atoms with van der Waals surface area (Å²) < 4.78 is 38.5. The van der Waals surface area contributed by atoms with Gasteiger partial charge in [-0.05, 0) is 38.4 Å². The number of rotatable bonds is 5. The number of amides is 2. The van der Waals surface area contributed by atoms with Gasteiger partial charge in [-0.3, -0.25) is 14.5 Å². The van der Waals surface area contributed by atoms with Crippen molar-refractivity contribution in [1.29, 1.82) is 0 Å². The van der Waals surface area contributed by atoms with Crippen molar-refractivity contribution in [3.8, 4) is 0 Å². The zero-order valence-electron chi connectivity index (χ0n) is 14.9. The second kappa shape index (κ2) is 8.07. The van der Waals surface area contributed by atoms with Crippen molar-refractivity contribution in [2.75, 3.05) is 20.1 Å². The molecule has 5 nitrogen and oxygen atoms in total. The molecular formula is C18H24F3N3O2. The molecule has 1 heterocycles. The molecule has 1 aromatic carbocycles. The molecule has 0 aliphatic carbocycles. The van der Waals surface area contributed by atoms with Crippen LogP contribution in [0.1, 0.15) is 30.9 Å². The van der Waals surface area contributed by atoms with E-state index in [2.05, 4.69) is 0 Å². The number of nitrogens with two attached hydrogens (primary N) is 1. The van der Waals surface area contributed by atoms with Crippen molar-refractivity contribution in [2.45, 2.75) is 38.5 Å². The molecule has 0 unspecified atom stereocenters. The number of halogens is 3. The molecule has 1 aliphatic rings. The number of hydrogen-bond donors (Lipinski definition) is 1. The van der Waals surface area contributed by atoms with Crippen LogP contribution in [0.3, 0.4) is 0 Å². The van der Waals surface area contributed by atoms with E-state index in [9.17, 15) is 22.8 Å². The summed E-state index contributed by atoms with van der Waals surface area (Å²) in [6.45, 7) is 2.79. The normalized spacial score (nSPS) is 19.5. The fraction of sp³-hybridized carbons (Fsp3) is 0.556. The number of piperidine rings is 1. The Balaban J connectivity index is 2.01. The van der Waals surface area contributed by atoms with E-state index in [-0.39, 0.29) is 18.4 Å². The Bertz CT molecular complexity index is 663. The van der Waals surface area contributed by atoms with E-state index in [4.69, 9.17) is 5.73 Å². The smallest absolute Gasteiger partial charge is 0.369 e. The summed E-state index contributed by atoms with van der Waals surface area (Å²) in [5, 5.41) is 0. The molecule has 0 bridgehead atoms. The average Bonchev–Trinajstić information content (AvgIpc) is 2.60. The van der Waals surface area contributed by atoms with Gasteiger partial charge in [-0.2, -0.15) is 13.2 Å². The highest BCUT2D eigenvalue weighted by molar-refractivity contribution is 5.83. The minimum Gasteiger partial charge on any atom is -0.369 e. The lowest BCUT2D eigenvalue weighted by Gasteiger charge is -2.35. The van der Waals surface area contributed by atoms with Gasteiger partial charge in [-0.15, -0.1) is 0 Å². The van der Waals surface area contributed by atoms with Gasteiger partial charge < -0.3 is 10.6 Å². The summed E-state index contributed by atoms with van der Waals surface area (Å²) in [6, 6.07) is 4.57. The van der Waals surface area contributed by atoms with Gasteiger partial charge in [0.25, 0.3) is 0 Å². The SMILES string of the molecule is C[C@H](C(=O)N1CCC[C@H](C(N)=O)C1)N(C)Cc1cccc(C(F)(F)F)c1. The maximum absolute atomic E-state index is 12.8. The van der Waals surface area contributed by atoms with E-state index in [1.165, 1.54) is 6.07 Å². The van der Waals surface area contributed by atoms with E-state index >= 15 is 0 Å². The first-order chi connectivity index (χ1) is 12.1. The Hall–Kier alpha value is -2.09. The largest absolute Gasteiger partial charge is 0.416 e. The summed E-state index contributed by atoms with van der Waals surface area (Å²) in [4.78, 5) is 27.4. The Morgan fingerprint density at radius 1 is 1.38 bits per heavy atom. The highest BCUT2D eigenvalue weighted by Gasteiger charge is 2.32. The molecule has 2 amide bonds. The van der Waals surface area contributed by atoms with Crippen molar-refractivity contribution < 1.29 is 22.8 Å². The standard InChI is InChI=1S/C18H24F3N3O2/c1-12(17(26)24-8-4-6-14(11-24)16(22)25)23(2)10-13-5-3-7-15(9-13)18(19,20)21/h3,5,7,9,12,14H,4,6,8,10-11H2,1-2H3,(H2,22,25)/t12-,14+/m1/s1. The van der Waals surface area contributed by atoms with Crippen LogP contribution in [0.25, 0.3) is 0 Å². The van der Waals surface area contributed by atoms with Gasteiger partial charge in [-0.1, -0.05) is 18.2 Å². The van der Waals surface area contributed by atoms with Gasteiger partial charge in [0.1, 0.15) is 0 Å². The summed E-state index contributed by atoms with van der Waals surface area (Å²) in [6.07, 6.45) is -3.01. The van der Waals surface area contributed by atoms with Crippen molar-refractivity contribution in [1.82, 2.24) is 9.80 Å². The van der Waals surface area contributed by atoms with Crippen molar-refractivity contribution in [3.05, 3.63) is 35.4 Å². The molecule has 0 aromatic heterocycles. The number of nitrogens with zero attached hydrogens (tertiary/aromatic N) is 2. The molecule has 0 radical (unpaired) electrons. The maximum atomic E-state index is 12.8. The van der Waals surface area contributed by atoms with Gasteiger partial charge >= 0.3 is 6.18 Å².